The van der Waals surface area contributed by atoms with E-state index < -0.39 is 15.9 Å². The average molecular weight is 420 g/mol. The lowest BCUT2D eigenvalue weighted by molar-refractivity contribution is -0.121. The highest BCUT2D eigenvalue weighted by Crippen LogP contribution is 2.33. The van der Waals surface area contributed by atoms with Crippen LogP contribution in [0.4, 0.5) is 6.01 Å². The van der Waals surface area contributed by atoms with Crippen molar-refractivity contribution in [1.82, 2.24) is 14.5 Å². The predicted octanol–water partition coefficient (Wildman–Crippen LogP) is 2.10. The van der Waals surface area contributed by atoms with Crippen molar-refractivity contribution >= 4 is 32.9 Å². The lowest BCUT2D eigenvalue weighted by Gasteiger charge is -2.29. The van der Waals surface area contributed by atoms with Gasteiger partial charge in [-0.3, -0.25) is 10.1 Å². The van der Waals surface area contributed by atoms with E-state index in [4.69, 9.17) is 13.6 Å². The van der Waals surface area contributed by atoms with Crippen LogP contribution >= 0.6 is 0 Å². The first kappa shape index (κ1) is 19.4. The highest BCUT2D eigenvalue weighted by Gasteiger charge is 2.31. The first-order chi connectivity index (χ1) is 13.8. The SMILES string of the molecule is COc1cccc2cc(-c3nnc(NC(=O)C4CCCN(S(C)(=O)=O)C4)o3)oc12. The molecule has 1 atom stereocenters. The van der Waals surface area contributed by atoms with Crippen molar-refractivity contribution in [3.63, 3.8) is 0 Å². The summed E-state index contributed by atoms with van der Waals surface area (Å²) in [6, 6.07) is 7.14. The van der Waals surface area contributed by atoms with E-state index in [-0.39, 0.29) is 24.4 Å². The third-order valence-electron chi connectivity index (χ3n) is 4.82. The molecule has 0 saturated carbocycles. The van der Waals surface area contributed by atoms with Crippen LogP contribution in [0.3, 0.4) is 0 Å². The van der Waals surface area contributed by atoms with Crippen LogP contribution in [0, 0.1) is 5.92 Å². The van der Waals surface area contributed by atoms with Crippen LogP contribution in [0.2, 0.25) is 0 Å². The number of sulfonamides is 1. The number of carbonyl (C=O) groups is 1. The van der Waals surface area contributed by atoms with Crippen LogP contribution in [0.1, 0.15) is 12.8 Å². The summed E-state index contributed by atoms with van der Waals surface area (Å²) < 4.78 is 41.3. The number of methoxy groups -OCH3 is 1. The monoisotopic (exact) mass is 420 g/mol. The number of benzene rings is 1. The second-order valence-electron chi connectivity index (χ2n) is 6.85. The van der Waals surface area contributed by atoms with Crippen LogP contribution in [0.5, 0.6) is 5.75 Å². The van der Waals surface area contributed by atoms with E-state index in [0.29, 0.717) is 36.5 Å². The molecule has 1 unspecified atom stereocenters. The molecule has 3 heterocycles. The molecule has 1 fully saturated rings. The Hall–Kier alpha value is -2.92. The highest BCUT2D eigenvalue weighted by atomic mass is 32.2. The lowest BCUT2D eigenvalue weighted by atomic mass is 9.99. The van der Waals surface area contributed by atoms with E-state index in [1.165, 1.54) is 4.31 Å². The molecule has 1 saturated heterocycles. The summed E-state index contributed by atoms with van der Waals surface area (Å²) in [6.07, 6.45) is 2.34. The zero-order chi connectivity index (χ0) is 20.6. The molecule has 29 heavy (non-hydrogen) atoms. The summed E-state index contributed by atoms with van der Waals surface area (Å²) in [7, 11) is -1.79. The van der Waals surface area contributed by atoms with Gasteiger partial charge in [-0.1, -0.05) is 17.2 Å². The molecule has 0 radical (unpaired) electrons. The Bertz CT molecular complexity index is 1150. The van der Waals surface area contributed by atoms with Gasteiger partial charge in [0, 0.05) is 18.5 Å². The maximum atomic E-state index is 12.5. The Balaban J connectivity index is 1.49. The number of nitrogens with zero attached hydrogens (tertiary/aromatic N) is 3. The molecule has 1 aliphatic heterocycles. The van der Waals surface area contributed by atoms with Crippen molar-refractivity contribution in [2.75, 3.05) is 31.8 Å². The third-order valence-corrected chi connectivity index (χ3v) is 6.09. The minimum Gasteiger partial charge on any atom is -0.493 e. The fourth-order valence-corrected chi connectivity index (χ4v) is 4.25. The molecule has 154 valence electrons. The van der Waals surface area contributed by atoms with Gasteiger partial charge in [-0.2, -0.15) is 0 Å². The molecule has 4 rings (SSSR count). The highest BCUT2D eigenvalue weighted by molar-refractivity contribution is 7.88. The van der Waals surface area contributed by atoms with Gasteiger partial charge in [0.2, 0.25) is 15.9 Å². The van der Waals surface area contributed by atoms with Crippen LogP contribution in [0.15, 0.2) is 33.1 Å². The van der Waals surface area contributed by atoms with Crippen LogP contribution in [0.25, 0.3) is 22.6 Å². The van der Waals surface area contributed by atoms with Crippen LogP contribution in [-0.4, -0.2) is 55.3 Å². The quantitative estimate of drug-likeness (QED) is 0.665. The molecule has 1 aliphatic rings. The number of hydrogen-bond donors (Lipinski definition) is 1. The molecule has 0 bridgehead atoms. The summed E-state index contributed by atoms with van der Waals surface area (Å²) in [6.45, 7) is 0.553. The Kier molecular flexibility index (Phi) is 5.01. The maximum Gasteiger partial charge on any atom is 0.322 e. The molecule has 0 aliphatic carbocycles. The Labute approximate surface area is 166 Å². The molecular formula is C18H20N4O6S. The first-order valence-corrected chi connectivity index (χ1v) is 10.9. The van der Waals surface area contributed by atoms with E-state index in [1.807, 2.05) is 12.1 Å². The van der Waals surface area contributed by atoms with Gasteiger partial charge in [0.1, 0.15) is 0 Å². The van der Waals surface area contributed by atoms with Gasteiger partial charge in [-0.25, -0.2) is 12.7 Å². The second-order valence-corrected chi connectivity index (χ2v) is 8.83. The number of ether oxygens (including phenoxy) is 1. The number of para-hydroxylation sites is 1. The summed E-state index contributed by atoms with van der Waals surface area (Å²) in [4.78, 5) is 12.5. The summed E-state index contributed by atoms with van der Waals surface area (Å²) in [5.41, 5.74) is 0.553. The number of piperidine rings is 1. The van der Waals surface area contributed by atoms with Gasteiger partial charge in [-0.15, -0.1) is 5.10 Å². The minimum absolute atomic E-state index is 0.0751. The van der Waals surface area contributed by atoms with Crippen molar-refractivity contribution in [3.8, 4) is 17.4 Å². The number of anilines is 1. The molecule has 11 heteroatoms. The zero-order valence-electron chi connectivity index (χ0n) is 15.9. The topological polar surface area (TPSA) is 128 Å². The number of furan rings is 1. The smallest absolute Gasteiger partial charge is 0.322 e. The number of hydrogen-bond acceptors (Lipinski definition) is 8. The van der Waals surface area contributed by atoms with Gasteiger partial charge >= 0.3 is 6.01 Å². The summed E-state index contributed by atoms with van der Waals surface area (Å²) in [5, 5.41) is 11.1. The largest absolute Gasteiger partial charge is 0.493 e. The molecule has 1 N–H and O–H groups in total. The molecule has 10 nitrogen and oxygen atoms in total. The average Bonchev–Trinajstić information content (AvgIpc) is 3.33. The number of nitrogens with one attached hydrogen (secondary N) is 1. The zero-order valence-corrected chi connectivity index (χ0v) is 16.7. The normalized spacial score (nSPS) is 18.1. The molecule has 3 aromatic rings. The van der Waals surface area contributed by atoms with E-state index >= 15 is 0 Å². The van der Waals surface area contributed by atoms with Gasteiger partial charge in [0.25, 0.3) is 5.89 Å². The Morgan fingerprint density at radius 3 is 2.90 bits per heavy atom. The minimum atomic E-state index is -3.34. The molecule has 0 spiro atoms. The number of fused-ring (bicyclic) bond motifs is 1. The van der Waals surface area contributed by atoms with Crippen molar-refractivity contribution in [2.45, 2.75) is 12.8 Å². The second kappa shape index (κ2) is 7.48. The Morgan fingerprint density at radius 1 is 1.31 bits per heavy atom. The third kappa shape index (κ3) is 3.96. The lowest BCUT2D eigenvalue weighted by Crippen LogP contribution is -2.43. The first-order valence-electron chi connectivity index (χ1n) is 9.01. The van der Waals surface area contributed by atoms with Gasteiger partial charge in [0.05, 0.1) is 19.3 Å². The molecule has 1 aromatic carbocycles. The summed E-state index contributed by atoms with van der Waals surface area (Å²) in [5.74, 6) is 0.192. The molecule has 1 amide bonds. The van der Waals surface area contributed by atoms with Crippen LogP contribution in [-0.2, 0) is 14.8 Å². The number of aromatic nitrogens is 2. The fourth-order valence-electron chi connectivity index (χ4n) is 3.34. The van der Waals surface area contributed by atoms with Crippen molar-refractivity contribution in [1.29, 1.82) is 0 Å². The van der Waals surface area contributed by atoms with Gasteiger partial charge in [0.15, 0.2) is 17.1 Å². The van der Waals surface area contributed by atoms with Crippen molar-refractivity contribution < 1.29 is 26.8 Å². The van der Waals surface area contributed by atoms with E-state index in [2.05, 4.69) is 15.5 Å². The van der Waals surface area contributed by atoms with E-state index in [0.717, 1.165) is 11.6 Å². The van der Waals surface area contributed by atoms with Crippen molar-refractivity contribution in [2.24, 2.45) is 5.92 Å². The Morgan fingerprint density at radius 2 is 2.14 bits per heavy atom. The number of rotatable bonds is 5. The van der Waals surface area contributed by atoms with Crippen LogP contribution < -0.4 is 10.1 Å². The van der Waals surface area contributed by atoms with E-state index in [9.17, 15) is 13.2 Å². The molecular weight excluding hydrogens is 400 g/mol. The van der Waals surface area contributed by atoms with Gasteiger partial charge < -0.3 is 13.6 Å². The van der Waals surface area contributed by atoms with Crippen molar-refractivity contribution in [3.05, 3.63) is 24.3 Å². The maximum absolute atomic E-state index is 12.5. The fraction of sp³-hybridized carbons (Fsp3) is 0.389. The van der Waals surface area contributed by atoms with E-state index in [1.54, 1.807) is 19.2 Å². The number of carbonyl (C=O) groups excluding carboxylic acids is 1. The standard InChI is InChI=1S/C18H20N4O6S/c1-26-13-7-3-5-11-9-14(27-15(11)13)17-20-21-18(28-17)19-16(23)12-6-4-8-22(10-12)29(2,24)25/h3,5,7,9,12H,4,6,8,10H2,1-2H3,(H,19,21,23). The molecule has 2 aromatic heterocycles. The summed E-state index contributed by atoms with van der Waals surface area (Å²) >= 11 is 0. The predicted molar refractivity (Wildman–Crippen MR) is 104 cm³/mol. The number of amides is 1. The van der Waals surface area contributed by atoms with Gasteiger partial charge in [-0.05, 0) is 25.0 Å².